The predicted octanol–water partition coefficient (Wildman–Crippen LogP) is 3.82. The van der Waals surface area contributed by atoms with Gasteiger partial charge in [-0.15, -0.1) is 0 Å². The van der Waals surface area contributed by atoms with E-state index < -0.39 is 72.8 Å². The minimum Gasteiger partial charge on any atom is -0.481 e. The molecule has 2 N–H and O–H groups in total. The normalized spacial score (nSPS) is 12.8. The Morgan fingerprint density at radius 1 is 0.475 bits per heavy atom. The summed E-state index contributed by atoms with van der Waals surface area (Å²) >= 11 is 0. The van der Waals surface area contributed by atoms with Gasteiger partial charge in [0.1, 0.15) is 0 Å². The van der Waals surface area contributed by atoms with Crippen LogP contribution < -0.4 is 0 Å². The van der Waals surface area contributed by atoms with Gasteiger partial charge in [-0.3, -0.25) is 28.8 Å². The maximum Gasteiger partial charge on any atom is 0.321 e. The summed E-state index contributed by atoms with van der Waals surface area (Å²) in [6.07, 6.45) is -1.96. The summed E-state index contributed by atoms with van der Waals surface area (Å²) in [5, 5.41) is 18.5. The number of carboxylic acid groups (broad SMARTS) is 2. The Kier molecular flexibility index (Phi) is 10.4. The third-order valence-electron chi connectivity index (χ3n) is 6.00. The van der Waals surface area contributed by atoms with Crippen molar-refractivity contribution in [2.75, 3.05) is 0 Å². The van der Waals surface area contributed by atoms with E-state index in [2.05, 4.69) is 0 Å². The van der Waals surface area contributed by atoms with Gasteiger partial charge in [0.05, 0.1) is 37.0 Å². The predicted molar refractivity (Wildman–Crippen MR) is 139 cm³/mol. The summed E-state index contributed by atoms with van der Waals surface area (Å²) in [6, 6.07) is 23.7. The van der Waals surface area contributed by atoms with E-state index in [9.17, 15) is 39.0 Å². The molecule has 0 fully saturated rings. The summed E-state index contributed by atoms with van der Waals surface area (Å²) in [7, 11) is 0. The molecule has 10 nitrogen and oxygen atoms in total. The number of hydrogen-bond acceptors (Lipinski definition) is 8. The number of hydrogen-bond donors (Lipinski definition) is 2. The van der Waals surface area contributed by atoms with Crippen LogP contribution in [0.25, 0.3) is 0 Å². The summed E-state index contributed by atoms with van der Waals surface area (Å²) in [5.74, 6) is -11.0. The summed E-state index contributed by atoms with van der Waals surface area (Å²) < 4.78 is 9.98. The third-order valence-corrected chi connectivity index (χ3v) is 6.00. The third kappa shape index (κ3) is 8.45. The van der Waals surface area contributed by atoms with Gasteiger partial charge >= 0.3 is 35.8 Å². The Morgan fingerprint density at radius 2 is 0.775 bits per heavy atom. The Morgan fingerprint density at radius 3 is 1.10 bits per heavy atom. The molecule has 3 aromatic carbocycles. The fraction of sp³-hybridized carbons (Fsp3) is 0.200. The number of carbonyl (C=O) groups is 6. The van der Waals surface area contributed by atoms with Crippen molar-refractivity contribution in [3.05, 3.63) is 108 Å². The molecule has 206 valence electrons. The molecule has 0 heterocycles. The molecule has 0 saturated heterocycles. The van der Waals surface area contributed by atoms with Crippen molar-refractivity contribution in [3.8, 4) is 0 Å². The quantitative estimate of drug-likeness (QED) is 0.252. The first-order chi connectivity index (χ1) is 19.2. The van der Waals surface area contributed by atoms with Crippen LogP contribution in [0, 0.1) is 0 Å². The lowest BCUT2D eigenvalue weighted by Crippen LogP contribution is -2.28. The molecule has 3 aromatic rings. The van der Waals surface area contributed by atoms with E-state index in [1.165, 1.54) is 36.4 Å². The second-order valence-corrected chi connectivity index (χ2v) is 8.82. The van der Waals surface area contributed by atoms with Gasteiger partial charge in [0.2, 0.25) is 0 Å². The lowest BCUT2D eigenvalue weighted by Gasteiger charge is -2.19. The molecule has 10 heteroatoms. The van der Waals surface area contributed by atoms with Crippen molar-refractivity contribution in [3.63, 3.8) is 0 Å². The first-order valence-electron chi connectivity index (χ1n) is 12.2. The second kappa shape index (κ2) is 14.1. The van der Waals surface area contributed by atoms with Crippen LogP contribution in [0.5, 0.6) is 0 Å². The maximum absolute atomic E-state index is 13.1. The molecule has 0 spiro atoms. The minimum atomic E-state index is -1.37. The van der Waals surface area contributed by atoms with Crippen LogP contribution in [0.1, 0.15) is 53.7 Å². The van der Waals surface area contributed by atoms with Crippen molar-refractivity contribution in [1.82, 2.24) is 0 Å². The van der Waals surface area contributed by atoms with Gasteiger partial charge in [0.25, 0.3) is 0 Å². The van der Waals surface area contributed by atoms with Gasteiger partial charge in [-0.25, -0.2) is 0 Å². The molecule has 0 saturated carbocycles. The number of benzene rings is 3. The monoisotopic (exact) mass is 546 g/mol. The summed E-state index contributed by atoms with van der Waals surface area (Å²) in [6.45, 7) is 0. The molecule has 0 aliphatic carbocycles. The van der Waals surface area contributed by atoms with Gasteiger partial charge in [0.15, 0.2) is 0 Å². The smallest absolute Gasteiger partial charge is 0.321 e. The lowest BCUT2D eigenvalue weighted by atomic mass is 9.94. The molecule has 0 amide bonds. The molecule has 3 unspecified atom stereocenters. The van der Waals surface area contributed by atoms with Gasteiger partial charge in [-0.05, 0) is 16.7 Å². The topological polar surface area (TPSA) is 161 Å². The Balaban J connectivity index is 1.79. The first kappa shape index (κ1) is 29.4. The van der Waals surface area contributed by atoms with Crippen LogP contribution in [0.2, 0.25) is 0 Å². The van der Waals surface area contributed by atoms with E-state index in [-0.39, 0.29) is 5.56 Å². The molecule has 3 atom stereocenters. The fourth-order valence-electron chi connectivity index (χ4n) is 4.05. The summed E-state index contributed by atoms with van der Waals surface area (Å²) in [5.41, 5.74) is 0.941. The standard InChI is InChI=1S/C30H26O10/c31-25(32)16-22(19-10-4-1-5-11-19)28(36)39-27(35)18-24(21-14-8-3-9-15-21)30(38)40-29(37)23(17-26(33)34)20-12-6-2-7-13-20/h1-15,22-24H,16-18H2,(H,31,32)(H,33,34). The fourth-order valence-corrected chi connectivity index (χ4v) is 4.05. The molecule has 0 aromatic heterocycles. The van der Waals surface area contributed by atoms with E-state index in [1.807, 2.05) is 0 Å². The number of rotatable bonds is 12. The van der Waals surface area contributed by atoms with Crippen molar-refractivity contribution < 1.29 is 48.5 Å². The molecular weight excluding hydrogens is 520 g/mol. The zero-order chi connectivity index (χ0) is 29.1. The summed E-state index contributed by atoms with van der Waals surface area (Å²) in [4.78, 5) is 74.3. The SMILES string of the molecule is O=C(O)CC(C(=O)OC(=O)CC(C(=O)OC(=O)C(CC(=O)O)c1ccccc1)c1ccccc1)c1ccccc1. The van der Waals surface area contributed by atoms with Crippen LogP contribution in [0.4, 0.5) is 0 Å². The van der Waals surface area contributed by atoms with Crippen LogP contribution in [-0.2, 0) is 38.2 Å². The van der Waals surface area contributed by atoms with Crippen molar-refractivity contribution in [2.24, 2.45) is 0 Å². The highest BCUT2D eigenvalue weighted by atomic mass is 16.6. The lowest BCUT2D eigenvalue weighted by molar-refractivity contribution is -0.168. The Hall–Kier alpha value is -5.12. The number of aliphatic carboxylic acids is 2. The van der Waals surface area contributed by atoms with Crippen LogP contribution in [-0.4, -0.2) is 46.0 Å². The van der Waals surface area contributed by atoms with Gasteiger partial charge < -0.3 is 19.7 Å². The number of ether oxygens (including phenoxy) is 2. The van der Waals surface area contributed by atoms with E-state index in [1.54, 1.807) is 54.6 Å². The molecule has 0 radical (unpaired) electrons. The van der Waals surface area contributed by atoms with E-state index >= 15 is 0 Å². The van der Waals surface area contributed by atoms with E-state index in [0.29, 0.717) is 11.1 Å². The van der Waals surface area contributed by atoms with Gasteiger partial charge in [-0.1, -0.05) is 91.0 Å². The van der Waals surface area contributed by atoms with Crippen molar-refractivity contribution in [2.45, 2.75) is 37.0 Å². The van der Waals surface area contributed by atoms with Crippen molar-refractivity contribution >= 4 is 35.8 Å². The molecule has 0 bridgehead atoms. The second-order valence-electron chi connectivity index (χ2n) is 8.82. The largest absolute Gasteiger partial charge is 0.481 e. The highest BCUT2D eigenvalue weighted by molar-refractivity contribution is 5.97. The number of carbonyl (C=O) groups excluding carboxylic acids is 4. The van der Waals surface area contributed by atoms with E-state index in [4.69, 9.17) is 9.47 Å². The zero-order valence-corrected chi connectivity index (χ0v) is 21.2. The van der Waals surface area contributed by atoms with Gasteiger partial charge in [-0.2, -0.15) is 0 Å². The molecular formula is C30H26O10. The maximum atomic E-state index is 13.1. The zero-order valence-electron chi connectivity index (χ0n) is 21.2. The van der Waals surface area contributed by atoms with E-state index in [0.717, 1.165) is 0 Å². The highest BCUT2D eigenvalue weighted by Crippen LogP contribution is 2.27. The average Bonchev–Trinajstić information content (AvgIpc) is 2.94. The van der Waals surface area contributed by atoms with Gasteiger partial charge in [0, 0.05) is 0 Å². The number of carboxylic acids is 2. The Labute approximate surface area is 229 Å². The molecule has 0 aliphatic heterocycles. The van der Waals surface area contributed by atoms with Crippen molar-refractivity contribution in [1.29, 1.82) is 0 Å². The van der Waals surface area contributed by atoms with Crippen LogP contribution >= 0.6 is 0 Å². The van der Waals surface area contributed by atoms with Crippen LogP contribution in [0.3, 0.4) is 0 Å². The average molecular weight is 547 g/mol. The highest BCUT2D eigenvalue weighted by Gasteiger charge is 2.34. The number of esters is 4. The first-order valence-corrected chi connectivity index (χ1v) is 12.2. The minimum absolute atomic E-state index is 0.282. The molecule has 0 aliphatic rings. The Bertz CT molecular complexity index is 1350. The molecule has 3 rings (SSSR count). The van der Waals surface area contributed by atoms with Crippen LogP contribution in [0.15, 0.2) is 91.0 Å². The molecule has 40 heavy (non-hydrogen) atoms.